The minimum atomic E-state index is 0.0983. The maximum absolute atomic E-state index is 11.7. The molecule has 0 atom stereocenters. The van der Waals surface area contributed by atoms with Crippen LogP contribution in [-0.4, -0.2) is 47.0 Å². The van der Waals surface area contributed by atoms with E-state index in [-0.39, 0.29) is 11.3 Å². The van der Waals surface area contributed by atoms with E-state index in [0.29, 0.717) is 23.9 Å². The van der Waals surface area contributed by atoms with Gasteiger partial charge in [-0.15, -0.1) is 0 Å². The van der Waals surface area contributed by atoms with Gasteiger partial charge in [-0.2, -0.15) is 0 Å². The van der Waals surface area contributed by atoms with Crippen molar-refractivity contribution < 1.29 is 4.79 Å². The van der Waals surface area contributed by atoms with E-state index in [1.807, 2.05) is 23.1 Å². The fraction of sp³-hybridized carbons (Fsp3) is 0.375. The van der Waals surface area contributed by atoms with Gasteiger partial charge in [0.2, 0.25) is 5.91 Å². The maximum atomic E-state index is 11.7. The number of benzene rings is 2. The number of halogens is 1. The standard InChI is InChI=1S/C24H27ClN4O/c1-16(30)28-11-13-29(14-12-28)23-20-15-19(25)9-10-21(20)26-22(27-23)17-5-7-18(8-6-17)24(2,3)4/h5-10,15H,11-14H2,1-4H3. The monoisotopic (exact) mass is 422 g/mol. The SMILES string of the molecule is CC(=O)N1CCN(c2nc(-c3ccc(C(C)(C)C)cc3)nc3ccc(Cl)cc23)CC1. The molecule has 5 nitrogen and oxygen atoms in total. The van der Waals surface area contributed by atoms with Crippen molar-refractivity contribution in [3.8, 4) is 11.4 Å². The van der Waals surface area contributed by atoms with Crippen LogP contribution in [0.1, 0.15) is 33.3 Å². The first-order valence-electron chi connectivity index (χ1n) is 10.3. The number of amides is 1. The molecule has 0 unspecified atom stereocenters. The largest absolute Gasteiger partial charge is 0.352 e. The van der Waals surface area contributed by atoms with E-state index >= 15 is 0 Å². The van der Waals surface area contributed by atoms with Gasteiger partial charge in [0.05, 0.1) is 5.52 Å². The van der Waals surface area contributed by atoms with Crippen molar-refractivity contribution in [2.45, 2.75) is 33.1 Å². The van der Waals surface area contributed by atoms with E-state index in [1.54, 1.807) is 6.92 Å². The number of hydrogen-bond donors (Lipinski definition) is 0. The fourth-order valence-electron chi connectivity index (χ4n) is 3.81. The van der Waals surface area contributed by atoms with Crippen LogP contribution in [0.3, 0.4) is 0 Å². The molecule has 3 aromatic rings. The molecule has 0 saturated carbocycles. The number of fused-ring (bicyclic) bond motifs is 1. The van der Waals surface area contributed by atoms with E-state index in [0.717, 1.165) is 35.4 Å². The lowest BCUT2D eigenvalue weighted by molar-refractivity contribution is -0.129. The smallest absolute Gasteiger partial charge is 0.219 e. The van der Waals surface area contributed by atoms with Gasteiger partial charge in [0.25, 0.3) is 0 Å². The lowest BCUT2D eigenvalue weighted by atomic mass is 9.87. The summed E-state index contributed by atoms with van der Waals surface area (Å²) in [6, 6.07) is 14.2. The van der Waals surface area contributed by atoms with Gasteiger partial charge in [-0.1, -0.05) is 56.6 Å². The predicted molar refractivity (Wildman–Crippen MR) is 123 cm³/mol. The third kappa shape index (κ3) is 4.12. The number of nitrogens with zero attached hydrogens (tertiary/aromatic N) is 4. The first-order chi connectivity index (χ1) is 14.2. The van der Waals surface area contributed by atoms with E-state index in [1.165, 1.54) is 5.56 Å². The Morgan fingerprint density at radius 1 is 0.967 bits per heavy atom. The van der Waals surface area contributed by atoms with Gasteiger partial charge in [0.1, 0.15) is 5.82 Å². The van der Waals surface area contributed by atoms with E-state index in [9.17, 15) is 4.79 Å². The summed E-state index contributed by atoms with van der Waals surface area (Å²) >= 11 is 6.28. The van der Waals surface area contributed by atoms with Crippen molar-refractivity contribution in [3.63, 3.8) is 0 Å². The number of carbonyl (C=O) groups is 1. The molecular formula is C24H27ClN4O. The lowest BCUT2D eigenvalue weighted by Gasteiger charge is -2.35. The summed E-state index contributed by atoms with van der Waals surface area (Å²) in [4.78, 5) is 25.6. The van der Waals surface area contributed by atoms with Crippen molar-refractivity contribution in [1.29, 1.82) is 0 Å². The van der Waals surface area contributed by atoms with E-state index in [4.69, 9.17) is 21.6 Å². The number of anilines is 1. The van der Waals surface area contributed by atoms with Crippen molar-refractivity contribution >= 4 is 34.2 Å². The topological polar surface area (TPSA) is 49.3 Å². The summed E-state index contributed by atoms with van der Waals surface area (Å²) in [5.74, 6) is 1.69. The van der Waals surface area contributed by atoms with Gasteiger partial charge in [-0.3, -0.25) is 4.79 Å². The Labute approximate surface area is 182 Å². The molecule has 0 bridgehead atoms. The van der Waals surface area contributed by atoms with Gasteiger partial charge >= 0.3 is 0 Å². The zero-order chi connectivity index (χ0) is 21.5. The molecule has 0 radical (unpaired) electrons. The normalized spacial score (nSPS) is 15.0. The van der Waals surface area contributed by atoms with Crippen LogP contribution in [0, 0.1) is 0 Å². The first kappa shape index (κ1) is 20.6. The van der Waals surface area contributed by atoms with Crippen LogP contribution in [0.15, 0.2) is 42.5 Å². The molecule has 0 aliphatic carbocycles. The van der Waals surface area contributed by atoms with Crippen LogP contribution in [0.5, 0.6) is 0 Å². The Morgan fingerprint density at radius 3 is 2.23 bits per heavy atom. The Balaban J connectivity index is 1.76. The summed E-state index contributed by atoms with van der Waals surface area (Å²) in [5, 5.41) is 1.60. The highest BCUT2D eigenvalue weighted by Gasteiger charge is 2.23. The summed E-state index contributed by atoms with van der Waals surface area (Å²) in [7, 11) is 0. The first-order valence-corrected chi connectivity index (χ1v) is 10.7. The summed E-state index contributed by atoms with van der Waals surface area (Å²) in [6.45, 7) is 11.1. The van der Waals surface area contributed by atoms with Crippen molar-refractivity contribution in [3.05, 3.63) is 53.1 Å². The van der Waals surface area contributed by atoms with Crippen LogP contribution >= 0.6 is 11.6 Å². The third-order valence-corrected chi connectivity index (χ3v) is 5.91. The molecule has 1 aliphatic rings. The molecule has 1 fully saturated rings. The van der Waals surface area contributed by atoms with Crippen LogP contribution in [0.25, 0.3) is 22.3 Å². The van der Waals surface area contributed by atoms with Crippen LogP contribution in [0.4, 0.5) is 5.82 Å². The van der Waals surface area contributed by atoms with E-state index < -0.39 is 0 Å². The summed E-state index contributed by atoms with van der Waals surface area (Å²) < 4.78 is 0. The fourth-order valence-corrected chi connectivity index (χ4v) is 3.98. The third-order valence-electron chi connectivity index (χ3n) is 5.67. The van der Waals surface area contributed by atoms with Gasteiger partial charge in [-0.05, 0) is 29.2 Å². The molecule has 6 heteroatoms. The minimum Gasteiger partial charge on any atom is -0.352 e. The number of rotatable bonds is 2. The second-order valence-corrected chi connectivity index (χ2v) is 9.29. The Bertz CT molecular complexity index is 1080. The molecule has 30 heavy (non-hydrogen) atoms. The molecule has 0 spiro atoms. The van der Waals surface area contributed by atoms with Crippen molar-refractivity contribution in [1.82, 2.24) is 14.9 Å². The van der Waals surface area contributed by atoms with Gasteiger partial charge in [0, 0.05) is 49.1 Å². The molecule has 4 rings (SSSR count). The second kappa shape index (κ2) is 7.88. The molecule has 1 saturated heterocycles. The highest BCUT2D eigenvalue weighted by molar-refractivity contribution is 6.31. The zero-order valence-corrected chi connectivity index (χ0v) is 18.7. The molecule has 156 valence electrons. The Kier molecular flexibility index (Phi) is 5.41. The molecule has 1 aliphatic heterocycles. The highest BCUT2D eigenvalue weighted by Crippen LogP contribution is 2.31. The van der Waals surface area contributed by atoms with Crippen molar-refractivity contribution in [2.75, 3.05) is 31.1 Å². The minimum absolute atomic E-state index is 0.0983. The second-order valence-electron chi connectivity index (χ2n) is 8.85. The molecule has 1 aromatic heterocycles. The van der Waals surface area contributed by atoms with Crippen LogP contribution in [0.2, 0.25) is 5.02 Å². The van der Waals surface area contributed by atoms with Gasteiger partial charge in [-0.25, -0.2) is 9.97 Å². The molecule has 0 N–H and O–H groups in total. The summed E-state index contributed by atoms with van der Waals surface area (Å²) in [5.41, 5.74) is 3.23. The lowest BCUT2D eigenvalue weighted by Crippen LogP contribution is -2.48. The number of hydrogen-bond acceptors (Lipinski definition) is 4. The van der Waals surface area contributed by atoms with Crippen molar-refractivity contribution in [2.24, 2.45) is 0 Å². The zero-order valence-electron chi connectivity index (χ0n) is 17.9. The predicted octanol–water partition coefficient (Wildman–Crippen LogP) is 4.92. The van der Waals surface area contributed by atoms with Gasteiger partial charge in [0.15, 0.2) is 5.82 Å². The van der Waals surface area contributed by atoms with Crippen LogP contribution in [-0.2, 0) is 10.2 Å². The Morgan fingerprint density at radius 2 is 1.63 bits per heavy atom. The van der Waals surface area contributed by atoms with Crippen LogP contribution < -0.4 is 4.90 Å². The highest BCUT2D eigenvalue weighted by atomic mass is 35.5. The molecular weight excluding hydrogens is 396 g/mol. The Hall–Kier alpha value is -2.66. The molecule has 2 aromatic carbocycles. The number of carbonyl (C=O) groups excluding carboxylic acids is 1. The van der Waals surface area contributed by atoms with Gasteiger partial charge < -0.3 is 9.80 Å². The van der Waals surface area contributed by atoms with E-state index in [2.05, 4.69) is 49.9 Å². The number of aromatic nitrogens is 2. The quantitative estimate of drug-likeness (QED) is 0.588. The number of piperazine rings is 1. The average Bonchev–Trinajstić information content (AvgIpc) is 2.72. The average molecular weight is 423 g/mol. The maximum Gasteiger partial charge on any atom is 0.219 e. The molecule has 1 amide bonds. The summed E-state index contributed by atoms with van der Waals surface area (Å²) in [6.07, 6.45) is 0. The molecule has 2 heterocycles.